The summed E-state index contributed by atoms with van der Waals surface area (Å²) in [7, 11) is -3.79. The third-order valence-electron chi connectivity index (χ3n) is 2.78. The van der Waals surface area contributed by atoms with E-state index in [1.807, 2.05) is 0 Å². The van der Waals surface area contributed by atoms with Crippen molar-refractivity contribution in [1.29, 1.82) is 0 Å². The summed E-state index contributed by atoms with van der Waals surface area (Å²) in [5, 5.41) is 3.57. The van der Waals surface area contributed by atoms with Crippen molar-refractivity contribution in [1.82, 2.24) is 9.88 Å². The van der Waals surface area contributed by atoms with Crippen molar-refractivity contribution in [3.05, 3.63) is 41.3 Å². The van der Waals surface area contributed by atoms with E-state index in [1.165, 1.54) is 13.8 Å². The predicted octanol–water partition coefficient (Wildman–Crippen LogP) is 1.93. The molecule has 6 nitrogen and oxygen atoms in total. The van der Waals surface area contributed by atoms with E-state index in [2.05, 4.69) is 9.88 Å². The van der Waals surface area contributed by atoms with E-state index in [0.29, 0.717) is 6.07 Å². The molecule has 0 aliphatic heterocycles. The lowest BCUT2D eigenvalue weighted by atomic mass is 10.3. The van der Waals surface area contributed by atoms with E-state index in [9.17, 15) is 17.2 Å². The molecule has 2 rings (SSSR count). The smallest absolute Gasteiger partial charge is 0.246 e. The van der Waals surface area contributed by atoms with E-state index in [4.69, 9.17) is 9.26 Å². The first-order valence-corrected chi connectivity index (χ1v) is 7.80. The number of aryl methyl sites for hydroxylation is 2. The number of hydrogen-bond donors (Lipinski definition) is 1. The first-order valence-electron chi connectivity index (χ1n) is 6.31. The second-order valence-corrected chi connectivity index (χ2v) is 6.18. The highest BCUT2D eigenvalue weighted by atomic mass is 32.2. The van der Waals surface area contributed by atoms with Crippen LogP contribution in [0.25, 0.3) is 0 Å². The highest BCUT2D eigenvalue weighted by Gasteiger charge is 2.23. The van der Waals surface area contributed by atoms with Crippen molar-refractivity contribution in [2.75, 3.05) is 13.2 Å². The van der Waals surface area contributed by atoms with Gasteiger partial charge in [-0.3, -0.25) is 0 Å². The minimum absolute atomic E-state index is 0.0273. The molecule has 0 fully saturated rings. The number of sulfonamides is 1. The number of ether oxygens (including phenoxy) is 1. The summed E-state index contributed by atoms with van der Waals surface area (Å²) < 4.78 is 62.3. The van der Waals surface area contributed by atoms with Crippen molar-refractivity contribution in [2.24, 2.45) is 0 Å². The van der Waals surface area contributed by atoms with Gasteiger partial charge in [0.1, 0.15) is 23.0 Å². The van der Waals surface area contributed by atoms with E-state index >= 15 is 0 Å². The lowest BCUT2D eigenvalue weighted by molar-refractivity contribution is 0.305. The van der Waals surface area contributed by atoms with Gasteiger partial charge in [-0.05, 0) is 26.0 Å². The number of aromatic nitrogens is 1. The average Bonchev–Trinajstić information content (AvgIpc) is 2.77. The first kappa shape index (κ1) is 16.4. The molecule has 0 radical (unpaired) electrons. The SMILES string of the molecule is Cc1noc(C)c1S(=O)(=O)NCCOc1ccc(F)cc1F. The third kappa shape index (κ3) is 3.60. The molecular weight excluding hydrogens is 318 g/mol. The van der Waals surface area contributed by atoms with Gasteiger partial charge in [0, 0.05) is 12.6 Å². The molecule has 0 amide bonds. The quantitative estimate of drug-likeness (QED) is 0.818. The minimum atomic E-state index is -3.79. The summed E-state index contributed by atoms with van der Waals surface area (Å²) in [4.78, 5) is -0.0273. The van der Waals surface area contributed by atoms with Gasteiger partial charge < -0.3 is 9.26 Å². The topological polar surface area (TPSA) is 81.4 Å². The maximum absolute atomic E-state index is 13.3. The van der Waals surface area contributed by atoms with E-state index in [-0.39, 0.29) is 35.3 Å². The number of nitrogens with zero attached hydrogens (tertiary/aromatic N) is 1. The summed E-state index contributed by atoms with van der Waals surface area (Å²) in [6, 6.07) is 2.86. The van der Waals surface area contributed by atoms with Gasteiger partial charge >= 0.3 is 0 Å². The number of nitrogens with one attached hydrogen (secondary N) is 1. The molecule has 9 heteroatoms. The molecule has 0 saturated heterocycles. The van der Waals surface area contributed by atoms with Gasteiger partial charge in [0.25, 0.3) is 0 Å². The molecule has 120 valence electrons. The van der Waals surface area contributed by atoms with Gasteiger partial charge in [-0.15, -0.1) is 0 Å². The third-order valence-corrected chi connectivity index (χ3v) is 4.49. The Bertz CT molecular complexity index is 755. The zero-order valence-electron chi connectivity index (χ0n) is 11.9. The van der Waals surface area contributed by atoms with Crippen LogP contribution in [-0.4, -0.2) is 26.7 Å². The molecule has 0 aliphatic carbocycles. The normalized spacial score (nSPS) is 11.6. The van der Waals surface area contributed by atoms with Gasteiger partial charge in [-0.1, -0.05) is 5.16 Å². The number of hydrogen-bond acceptors (Lipinski definition) is 5. The Morgan fingerprint density at radius 3 is 2.64 bits per heavy atom. The zero-order chi connectivity index (χ0) is 16.3. The minimum Gasteiger partial charge on any atom is -0.489 e. The van der Waals surface area contributed by atoms with Crippen LogP contribution >= 0.6 is 0 Å². The monoisotopic (exact) mass is 332 g/mol. The molecular formula is C13H14F2N2O4S. The summed E-state index contributed by atoms with van der Waals surface area (Å²) in [6.45, 7) is 2.78. The predicted molar refractivity (Wildman–Crippen MR) is 73.0 cm³/mol. The van der Waals surface area contributed by atoms with Crippen LogP contribution in [0, 0.1) is 25.5 Å². The maximum Gasteiger partial charge on any atom is 0.246 e. The summed E-state index contributed by atoms with van der Waals surface area (Å²) in [6.07, 6.45) is 0. The van der Waals surface area contributed by atoms with Crippen LogP contribution in [0.1, 0.15) is 11.5 Å². The molecule has 0 atom stereocenters. The van der Waals surface area contributed by atoms with Crippen LogP contribution in [0.15, 0.2) is 27.6 Å². The fraction of sp³-hybridized carbons (Fsp3) is 0.308. The van der Waals surface area contributed by atoms with Gasteiger partial charge in [0.05, 0.1) is 0 Å². The summed E-state index contributed by atoms with van der Waals surface area (Å²) >= 11 is 0. The van der Waals surface area contributed by atoms with Crippen LogP contribution in [-0.2, 0) is 10.0 Å². The first-order chi connectivity index (χ1) is 10.3. The Morgan fingerprint density at radius 1 is 1.32 bits per heavy atom. The Hall–Kier alpha value is -2.00. The molecule has 1 aromatic heterocycles. The fourth-order valence-electron chi connectivity index (χ4n) is 1.86. The maximum atomic E-state index is 13.3. The van der Waals surface area contributed by atoms with E-state index < -0.39 is 21.7 Å². The van der Waals surface area contributed by atoms with E-state index in [0.717, 1.165) is 12.1 Å². The second-order valence-electron chi connectivity index (χ2n) is 4.47. The average molecular weight is 332 g/mol. The highest BCUT2D eigenvalue weighted by Crippen LogP contribution is 2.19. The summed E-state index contributed by atoms with van der Waals surface area (Å²) in [5.74, 6) is -1.55. The Morgan fingerprint density at radius 2 is 2.05 bits per heavy atom. The van der Waals surface area contributed by atoms with Gasteiger partial charge in [-0.25, -0.2) is 21.9 Å². The largest absolute Gasteiger partial charge is 0.489 e. The van der Waals surface area contributed by atoms with Crippen LogP contribution in [0.2, 0.25) is 0 Å². The fourth-order valence-corrected chi connectivity index (χ4v) is 3.20. The van der Waals surface area contributed by atoms with Crippen LogP contribution in [0.4, 0.5) is 8.78 Å². The van der Waals surface area contributed by atoms with Crippen LogP contribution in [0.3, 0.4) is 0 Å². The number of benzene rings is 1. The molecule has 1 N–H and O–H groups in total. The Kier molecular flexibility index (Phi) is 4.77. The van der Waals surface area contributed by atoms with Gasteiger partial charge in [0.2, 0.25) is 10.0 Å². The van der Waals surface area contributed by atoms with Crippen LogP contribution < -0.4 is 9.46 Å². The standard InChI is InChI=1S/C13H14F2N2O4S/c1-8-13(9(2)21-17-8)22(18,19)16-5-6-20-12-4-3-10(14)7-11(12)15/h3-4,7,16H,5-6H2,1-2H3. The molecule has 0 unspecified atom stereocenters. The van der Waals surface area contributed by atoms with Crippen LogP contribution in [0.5, 0.6) is 5.75 Å². The highest BCUT2D eigenvalue weighted by molar-refractivity contribution is 7.89. The van der Waals surface area contributed by atoms with Crippen molar-refractivity contribution in [3.63, 3.8) is 0 Å². The molecule has 1 heterocycles. The Labute approximate surface area is 126 Å². The molecule has 0 saturated carbocycles. The second kappa shape index (κ2) is 6.41. The molecule has 2 aromatic rings. The lowest BCUT2D eigenvalue weighted by Crippen LogP contribution is -2.29. The Balaban J connectivity index is 1.94. The van der Waals surface area contributed by atoms with Crippen molar-refractivity contribution < 1.29 is 26.5 Å². The van der Waals surface area contributed by atoms with E-state index in [1.54, 1.807) is 0 Å². The van der Waals surface area contributed by atoms with Crippen molar-refractivity contribution >= 4 is 10.0 Å². The molecule has 0 aliphatic rings. The number of halogens is 2. The van der Waals surface area contributed by atoms with Crippen molar-refractivity contribution in [2.45, 2.75) is 18.7 Å². The molecule has 0 bridgehead atoms. The molecule has 22 heavy (non-hydrogen) atoms. The van der Waals surface area contributed by atoms with Gasteiger partial charge in [0.15, 0.2) is 17.3 Å². The van der Waals surface area contributed by atoms with Gasteiger partial charge in [-0.2, -0.15) is 0 Å². The van der Waals surface area contributed by atoms with Crippen molar-refractivity contribution in [3.8, 4) is 5.75 Å². The number of rotatable bonds is 6. The lowest BCUT2D eigenvalue weighted by Gasteiger charge is -2.09. The molecule has 1 aromatic carbocycles. The molecule has 0 spiro atoms. The summed E-state index contributed by atoms with van der Waals surface area (Å²) in [5.41, 5.74) is 0.246. The zero-order valence-corrected chi connectivity index (χ0v) is 12.7.